The van der Waals surface area contributed by atoms with Crippen molar-refractivity contribution in [2.24, 2.45) is 23.5 Å². The molecule has 0 spiro atoms. The summed E-state index contributed by atoms with van der Waals surface area (Å²) < 4.78 is 0. The highest BCUT2D eigenvalue weighted by Crippen LogP contribution is 2.44. The first-order valence-electron chi connectivity index (χ1n) is 9.87. The molecule has 0 radical (unpaired) electrons. The van der Waals surface area contributed by atoms with Gasteiger partial charge in [-0.2, -0.15) is 11.8 Å². The van der Waals surface area contributed by atoms with E-state index < -0.39 is 0 Å². The van der Waals surface area contributed by atoms with Gasteiger partial charge in [-0.05, 0) is 43.1 Å². The van der Waals surface area contributed by atoms with Gasteiger partial charge in [0.2, 0.25) is 5.91 Å². The van der Waals surface area contributed by atoms with Crippen LogP contribution in [0.3, 0.4) is 0 Å². The zero-order valence-corrected chi connectivity index (χ0v) is 16.0. The van der Waals surface area contributed by atoms with Gasteiger partial charge in [0, 0.05) is 29.5 Å². The maximum Gasteiger partial charge on any atom is 0.226 e. The van der Waals surface area contributed by atoms with Gasteiger partial charge in [-0.3, -0.25) is 4.79 Å². The molecular weight excluding hydrogens is 328 g/mol. The Balaban J connectivity index is 1.55. The molecule has 1 aromatic rings. The molecule has 1 saturated heterocycles. The van der Waals surface area contributed by atoms with Crippen LogP contribution in [0.4, 0.5) is 0 Å². The third-order valence-electron chi connectivity index (χ3n) is 6.68. The molecule has 4 unspecified atom stereocenters. The summed E-state index contributed by atoms with van der Waals surface area (Å²) in [4.78, 5) is 15.7. The van der Waals surface area contributed by atoms with Crippen LogP contribution >= 0.6 is 11.8 Å². The van der Waals surface area contributed by atoms with Crippen LogP contribution in [0, 0.1) is 17.8 Å². The number of carbonyl (C=O) groups excluding carboxylic acids is 1. The number of hydrogen-bond donors (Lipinski definition) is 1. The van der Waals surface area contributed by atoms with Crippen molar-refractivity contribution in [3.8, 4) is 0 Å². The monoisotopic (exact) mass is 358 g/mol. The van der Waals surface area contributed by atoms with Crippen molar-refractivity contribution in [2.45, 2.75) is 56.4 Å². The van der Waals surface area contributed by atoms with Gasteiger partial charge in [0.15, 0.2) is 0 Å². The lowest BCUT2D eigenvalue weighted by atomic mass is 9.65. The predicted molar refractivity (Wildman–Crippen MR) is 104 cm³/mol. The average molecular weight is 359 g/mol. The lowest BCUT2D eigenvalue weighted by Crippen LogP contribution is -2.52. The molecule has 25 heavy (non-hydrogen) atoms. The Morgan fingerprint density at radius 3 is 2.52 bits per heavy atom. The number of hydrogen-bond acceptors (Lipinski definition) is 3. The molecule has 1 aromatic carbocycles. The van der Waals surface area contributed by atoms with E-state index in [0.29, 0.717) is 29.0 Å². The molecule has 2 saturated carbocycles. The molecule has 4 rings (SSSR count). The standard InChI is InChI=1S/C21H30N2OS/c1-14-20(15-6-3-2-4-7-15)23(10-11-25-14)21(24)18-12-16-8-5-9-17(13-18)19(16)22/h2-4,6-7,14,16-20H,5,8-13,22H2,1H3. The number of nitrogens with zero attached hydrogens (tertiary/aromatic N) is 1. The molecule has 3 nitrogen and oxygen atoms in total. The minimum Gasteiger partial charge on any atom is -0.333 e. The topological polar surface area (TPSA) is 46.3 Å². The summed E-state index contributed by atoms with van der Waals surface area (Å²) in [6.07, 6.45) is 5.76. The van der Waals surface area contributed by atoms with Crippen LogP contribution in [0.5, 0.6) is 0 Å². The Kier molecular flexibility index (Phi) is 5.10. The number of amides is 1. The van der Waals surface area contributed by atoms with Crippen LogP contribution < -0.4 is 5.73 Å². The van der Waals surface area contributed by atoms with Crippen molar-refractivity contribution >= 4 is 17.7 Å². The highest BCUT2D eigenvalue weighted by Gasteiger charge is 2.43. The van der Waals surface area contributed by atoms with Crippen molar-refractivity contribution in [1.29, 1.82) is 0 Å². The van der Waals surface area contributed by atoms with Crippen LogP contribution in [0.25, 0.3) is 0 Å². The van der Waals surface area contributed by atoms with Gasteiger partial charge in [-0.1, -0.05) is 43.7 Å². The van der Waals surface area contributed by atoms with E-state index in [-0.39, 0.29) is 12.0 Å². The van der Waals surface area contributed by atoms with Gasteiger partial charge >= 0.3 is 0 Å². The average Bonchev–Trinajstić information content (AvgIpc) is 2.61. The van der Waals surface area contributed by atoms with Gasteiger partial charge in [0.1, 0.15) is 0 Å². The normalized spacial score (nSPS) is 38.4. The molecule has 2 N–H and O–H groups in total. The summed E-state index contributed by atoms with van der Waals surface area (Å²) in [5, 5.41) is 0.449. The number of rotatable bonds is 2. The van der Waals surface area contributed by atoms with E-state index in [1.165, 1.54) is 24.8 Å². The fraction of sp³-hybridized carbons (Fsp3) is 0.667. The second kappa shape index (κ2) is 7.32. The molecule has 3 fully saturated rings. The second-order valence-corrected chi connectivity index (χ2v) is 9.64. The van der Waals surface area contributed by atoms with Crippen LogP contribution in [-0.4, -0.2) is 34.4 Å². The van der Waals surface area contributed by atoms with Gasteiger partial charge in [-0.15, -0.1) is 0 Å². The minimum atomic E-state index is 0.191. The largest absolute Gasteiger partial charge is 0.333 e. The van der Waals surface area contributed by atoms with Gasteiger partial charge in [-0.25, -0.2) is 0 Å². The summed E-state index contributed by atoms with van der Waals surface area (Å²) in [5.41, 5.74) is 7.72. The minimum absolute atomic E-state index is 0.191. The van der Waals surface area contributed by atoms with Crippen molar-refractivity contribution in [3.63, 3.8) is 0 Å². The predicted octanol–water partition coefficient (Wildman–Crippen LogP) is 3.85. The van der Waals surface area contributed by atoms with Crippen molar-refractivity contribution in [2.75, 3.05) is 12.3 Å². The Morgan fingerprint density at radius 2 is 1.84 bits per heavy atom. The Bertz CT molecular complexity index is 593. The fourth-order valence-electron chi connectivity index (χ4n) is 5.39. The van der Waals surface area contributed by atoms with Crippen LogP contribution in [0.2, 0.25) is 0 Å². The van der Waals surface area contributed by atoms with Crippen LogP contribution in [0.1, 0.15) is 50.6 Å². The quantitative estimate of drug-likeness (QED) is 0.873. The molecule has 1 amide bonds. The smallest absolute Gasteiger partial charge is 0.226 e. The summed E-state index contributed by atoms with van der Waals surface area (Å²) in [6.45, 7) is 3.15. The van der Waals surface area contributed by atoms with Crippen LogP contribution in [-0.2, 0) is 4.79 Å². The lowest BCUT2D eigenvalue weighted by Gasteiger charge is -2.47. The lowest BCUT2D eigenvalue weighted by molar-refractivity contribution is -0.141. The molecule has 1 aliphatic heterocycles. The fourth-order valence-corrected chi connectivity index (χ4v) is 6.55. The van der Waals surface area contributed by atoms with Gasteiger partial charge < -0.3 is 10.6 Å². The van der Waals surface area contributed by atoms with E-state index in [0.717, 1.165) is 25.1 Å². The number of benzene rings is 1. The van der Waals surface area contributed by atoms with E-state index in [9.17, 15) is 4.79 Å². The van der Waals surface area contributed by atoms with Crippen molar-refractivity contribution in [1.82, 2.24) is 4.90 Å². The summed E-state index contributed by atoms with van der Waals surface area (Å²) in [6, 6.07) is 11.1. The SMILES string of the molecule is CC1SCCN(C(=O)C2CC3CCCC(C2)C3N)C1c1ccccc1. The van der Waals surface area contributed by atoms with Gasteiger partial charge in [0.05, 0.1) is 6.04 Å². The third-order valence-corrected chi connectivity index (χ3v) is 7.88. The molecule has 2 aliphatic carbocycles. The molecule has 4 atom stereocenters. The summed E-state index contributed by atoms with van der Waals surface area (Å²) >= 11 is 1.99. The Morgan fingerprint density at radius 1 is 1.16 bits per heavy atom. The maximum atomic E-state index is 13.5. The highest BCUT2D eigenvalue weighted by molar-refractivity contribution is 8.00. The Labute approximate surface area is 155 Å². The molecule has 136 valence electrons. The highest BCUT2D eigenvalue weighted by atomic mass is 32.2. The molecule has 1 heterocycles. The third kappa shape index (κ3) is 3.35. The van der Waals surface area contributed by atoms with Crippen molar-refractivity contribution < 1.29 is 4.79 Å². The zero-order chi connectivity index (χ0) is 17.4. The zero-order valence-electron chi connectivity index (χ0n) is 15.1. The van der Waals surface area contributed by atoms with E-state index in [2.05, 4.69) is 42.2 Å². The summed E-state index contributed by atoms with van der Waals surface area (Å²) in [5.74, 6) is 2.76. The second-order valence-electron chi connectivity index (χ2n) is 8.16. The first kappa shape index (κ1) is 17.4. The van der Waals surface area contributed by atoms with Gasteiger partial charge in [0.25, 0.3) is 0 Å². The number of fused-ring (bicyclic) bond motifs is 2. The molecule has 2 bridgehead atoms. The number of nitrogens with two attached hydrogens (primary N) is 1. The first-order valence-corrected chi connectivity index (χ1v) is 10.9. The van der Waals surface area contributed by atoms with E-state index in [4.69, 9.17) is 5.73 Å². The molecule has 0 aromatic heterocycles. The van der Waals surface area contributed by atoms with Crippen molar-refractivity contribution in [3.05, 3.63) is 35.9 Å². The van der Waals surface area contributed by atoms with E-state index in [1.54, 1.807) is 0 Å². The first-order chi connectivity index (χ1) is 12.1. The molecule has 4 heteroatoms. The van der Waals surface area contributed by atoms with Crippen LogP contribution in [0.15, 0.2) is 30.3 Å². The van der Waals surface area contributed by atoms with E-state index in [1.807, 2.05) is 11.8 Å². The molecular formula is C21H30N2OS. The Hall–Kier alpha value is -1.00. The molecule has 3 aliphatic rings. The number of carbonyl (C=O) groups is 1. The summed E-state index contributed by atoms with van der Waals surface area (Å²) in [7, 11) is 0. The van der Waals surface area contributed by atoms with E-state index >= 15 is 0 Å². The number of thioether (sulfide) groups is 1. The maximum absolute atomic E-state index is 13.5.